The molecule has 0 spiro atoms. The molecule has 0 saturated carbocycles. The van der Waals surface area contributed by atoms with Gasteiger partial charge in [0.05, 0.1) is 6.10 Å². The number of aliphatic hydroxyl groups is 1. The van der Waals surface area contributed by atoms with Crippen LogP contribution in [-0.4, -0.2) is 43.7 Å². The maximum Gasteiger partial charge on any atom is 0.181 e. The molecule has 3 aromatic heterocycles. The van der Waals surface area contributed by atoms with Crippen molar-refractivity contribution in [2.24, 2.45) is 0 Å². The third kappa shape index (κ3) is 2.60. The first-order valence-corrected chi connectivity index (χ1v) is 8.39. The molecule has 1 fully saturated rings. The van der Waals surface area contributed by atoms with Crippen molar-refractivity contribution < 1.29 is 5.11 Å². The Bertz CT molecular complexity index is 827. The van der Waals surface area contributed by atoms with Gasteiger partial charge < -0.3 is 10.0 Å². The maximum atomic E-state index is 9.70. The SMILES string of the molecule is OC1CCN(c2nccn3c(Br)c(-c4ccncc4)nc23)CC1. The molecular weight excluding hydrogens is 358 g/mol. The average molecular weight is 374 g/mol. The van der Waals surface area contributed by atoms with Crippen molar-refractivity contribution >= 4 is 27.4 Å². The van der Waals surface area contributed by atoms with E-state index in [9.17, 15) is 5.11 Å². The number of aromatic nitrogens is 4. The van der Waals surface area contributed by atoms with E-state index in [1.54, 1.807) is 18.6 Å². The van der Waals surface area contributed by atoms with Crippen LogP contribution < -0.4 is 4.90 Å². The summed E-state index contributed by atoms with van der Waals surface area (Å²) in [6, 6.07) is 3.88. The highest BCUT2D eigenvalue weighted by atomic mass is 79.9. The minimum Gasteiger partial charge on any atom is -0.393 e. The van der Waals surface area contributed by atoms with Crippen molar-refractivity contribution in [1.29, 1.82) is 0 Å². The zero-order chi connectivity index (χ0) is 15.8. The minimum absolute atomic E-state index is 0.204. The molecule has 0 atom stereocenters. The predicted molar refractivity (Wildman–Crippen MR) is 91.4 cm³/mol. The van der Waals surface area contributed by atoms with Crippen molar-refractivity contribution in [2.75, 3.05) is 18.0 Å². The van der Waals surface area contributed by atoms with Crippen LogP contribution in [-0.2, 0) is 0 Å². The van der Waals surface area contributed by atoms with Crippen molar-refractivity contribution in [3.63, 3.8) is 0 Å². The van der Waals surface area contributed by atoms with Gasteiger partial charge in [0.15, 0.2) is 11.5 Å². The van der Waals surface area contributed by atoms with E-state index in [0.717, 1.165) is 53.3 Å². The van der Waals surface area contributed by atoms with Crippen LogP contribution in [0.3, 0.4) is 0 Å². The lowest BCUT2D eigenvalue weighted by Gasteiger charge is -2.30. The zero-order valence-corrected chi connectivity index (χ0v) is 14.0. The number of halogens is 1. The number of anilines is 1. The first kappa shape index (κ1) is 14.6. The molecule has 3 aromatic rings. The number of rotatable bonds is 2. The molecule has 0 radical (unpaired) electrons. The van der Waals surface area contributed by atoms with Crippen LogP contribution in [0.1, 0.15) is 12.8 Å². The van der Waals surface area contributed by atoms with Crippen molar-refractivity contribution in [2.45, 2.75) is 18.9 Å². The molecular formula is C16H16BrN5O. The largest absolute Gasteiger partial charge is 0.393 e. The minimum atomic E-state index is -0.204. The normalized spacial score (nSPS) is 16.2. The van der Waals surface area contributed by atoms with E-state index in [4.69, 9.17) is 4.98 Å². The summed E-state index contributed by atoms with van der Waals surface area (Å²) in [5.74, 6) is 0.861. The topological polar surface area (TPSA) is 66.5 Å². The first-order chi connectivity index (χ1) is 11.2. The second kappa shape index (κ2) is 5.90. The van der Waals surface area contributed by atoms with E-state index >= 15 is 0 Å². The van der Waals surface area contributed by atoms with Gasteiger partial charge in [-0.15, -0.1) is 0 Å². The third-order valence-electron chi connectivity index (χ3n) is 4.18. The number of piperidine rings is 1. The molecule has 0 aromatic carbocycles. The van der Waals surface area contributed by atoms with E-state index in [1.165, 1.54) is 0 Å². The van der Waals surface area contributed by atoms with E-state index in [1.807, 2.05) is 22.7 Å². The van der Waals surface area contributed by atoms with Crippen LogP contribution in [0.4, 0.5) is 5.82 Å². The molecule has 23 heavy (non-hydrogen) atoms. The second-order valence-electron chi connectivity index (χ2n) is 5.65. The van der Waals surface area contributed by atoms with Gasteiger partial charge >= 0.3 is 0 Å². The Hall–Kier alpha value is -1.99. The fourth-order valence-corrected chi connectivity index (χ4v) is 3.53. The Kier molecular flexibility index (Phi) is 3.74. The lowest BCUT2D eigenvalue weighted by atomic mass is 10.1. The van der Waals surface area contributed by atoms with Gasteiger partial charge in [-0.25, -0.2) is 9.97 Å². The molecule has 1 aliphatic rings. The number of hydrogen-bond acceptors (Lipinski definition) is 5. The zero-order valence-electron chi connectivity index (χ0n) is 12.4. The van der Waals surface area contributed by atoms with Crippen LogP contribution in [0.15, 0.2) is 41.5 Å². The Morgan fingerprint density at radius 2 is 1.87 bits per heavy atom. The van der Waals surface area contributed by atoms with Gasteiger partial charge in [0, 0.05) is 43.4 Å². The van der Waals surface area contributed by atoms with Crippen molar-refractivity contribution in [1.82, 2.24) is 19.4 Å². The van der Waals surface area contributed by atoms with Gasteiger partial charge in [0.2, 0.25) is 0 Å². The van der Waals surface area contributed by atoms with Crippen LogP contribution in [0, 0.1) is 0 Å². The van der Waals surface area contributed by atoms with E-state index in [0.29, 0.717) is 0 Å². The Labute approximate surface area is 142 Å². The standard InChI is InChI=1S/C16H16BrN5O/c17-14-13(11-1-5-18-6-2-11)20-16-15(19-7-10-22(14)16)21-8-3-12(23)4-9-21/h1-2,5-7,10,12,23H,3-4,8-9H2. The fourth-order valence-electron chi connectivity index (χ4n) is 2.93. The summed E-state index contributed by atoms with van der Waals surface area (Å²) in [6.45, 7) is 1.59. The molecule has 4 heterocycles. The first-order valence-electron chi connectivity index (χ1n) is 7.60. The summed E-state index contributed by atoms with van der Waals surface area (Å²) < 4.78 is 2.91. The second-order valence-corrected chi connectivity index (χ2v) is 6.40. The van der Waals surface area contributed by atoms with Crippen LogP contribution in [0.25, 0.3) is 16.9 Å². The fraction of sp³-hybridized carbons (Fsp3) is 0.312. The highest BCUT2D eigenvalue weighted by Gasteiger charge is 2.22. The van der Waals surface area contributed by atoms with Crippen LogP contribution >= 0.6 is 15.9 Å². The predicted octanol–water partition coefficient (Wildman–Crippen LogP) is 2.51. The van der Waals surface area contributed by atoms with Gasteiger partial charge in [-0.3, -0.25) is 9.38 Å². The third-order valence-corrected chi connectivity index (χ3v) is 4.94. The maximum absolute atomic E-state index is 9.70. The number of pyridine rings is 1. The van der Waals surface area contributed by atoms with Crippen LogP contribution in [0.5, 0.6) is 0 Å². The van der Waals surface area contributed by atoms with Gasteiger partial charge in [-0.2, -0.15) is 0 Å². The molecule has 118 valence electrons. The number of imidazole rings is 1. The Balaban J connectivity index is 1.81. The summed E-state index contributed by atoms with van der Waals surface area (Å²) in [5, 5.41) is 9.70. The monoisotopic (exact) mass is 373 g/mol. The molecule has 1 N–H and O–H groups in total. The Morgan fingerprint density at radius 3 is 2.61 bits per heavy atom. The molecule has 0 unspecified atom stereocenters. The molecule has 6 nitrogen and oxygen atoms in total. The molecule has 0 bridgehead atoms. The summed E-state index contributed by atoms with van der Waals surface area (Å²) in [6.07, 6.45) is 8.54. The van der Waals surface area contributed by atoms with Crippen molar-refractivity contribution in [3.05, 3.63) is 41.5 Å². The molecule has 1 saturated heterocycles. The van der Waals surface area contributed by atoms with E-state index < -0.39 is 0 Å². The number of nitrogens with zero attached hydrogens (tertiary/aromatic N) is 5. The smallest absolute Gasteiger partial charge is 0.181 e. The van der Waals surface area contributed by atoms with E-state index in [-0.39, 0.29) is 6.10 Å². The van der Waals surface area contributed by atoms with E-state index in [2.05, 4.69) is 30.8 Å². The average Bonchev–Trinajstić information content (AvgIpc) is 2.94. The number of aliphatic hydroxyl groups excluding tert-OH is 1. The quantitative estimate of drug-likeness (QED) is 0.747. The van der Waals surface area contributed by atoms with Gasteiger partial charge in [0.1, 0.15) is 10.3 Å². The number of hydrogen-bond donors (Lipinski definition) is 1. The highest BCUT2D eigenvalue weighted by Crippen LogP contribution is 2.32. The summed E-state index contributed by atoms with van der Waals surface area (Å²) in [4.78, 5) is 15.6. The molecule has 1 aliphatic heterocycles. The molecule has 7 heteroatoms. The van der Waals surface area contributed by atoms with Crippen molar-refractivity contribution in [3.8, 4) is 11.3 Å². The van der Waals surface area contributed by atoms with Gasteiger partial charge in [0.25, 0.3) is 0 Å². The molecule has 0 amide bonds. The summed E-state index contributed by atoms with van der Waals surface area (Å²) in [7, 11) is 0. The van der Waals surface area contributed by atoms with Gasteiger partial charge in [-0.1, -0.05) is 0 Å². The lowest BCUT2D eigenvalue weighted by Crippen LogP contribution is -2.36. The lowest BCUT2D eigenvalue weighted by molar-refractivity contribution is 0.145. The van der Waals surface area contributed by atoms with Crippen LogP contribution in [0.2, 0.25) is 0 Å². The molecule has 4 rings (SSSR count). The highest BCUT2D eigenvalue weighted by molar-refractivity contribution is 9.10. The summed E-state index contributed by atoms with van der Waals surface area (Å²) >= 11 is 3.65. The molecule has 0 aliphatic carbocycles. The summed E-state index contributed by atoms with van der Waals surface area (Å²) in [5.41, 5.74) is 2.71. The van der Waals surface area contributed by atoms with Gasteiger partial charge in [-0.05, 0) is 40.9 Å². The Morgan fingerprint density at radius 1 is 1.13 bits per heavy atom. The number of fused-ring (bicyclic) bond motifs is 1.